The fourth-order valence-corrected chi connectivity index (χ4v) is 3.23. The summed E-state index contributed by atoms with van der Waals surface area (Å²) in [6, 6.07) is 22.2. The van der Waals surface area contributed by atoms with Gasteiger partial charge in [-0.3, -0.25) is 4.79 Å². The molecular weight excluding hydrogens is 380 g/mol. The normalized spacial score (nSPS) is 11.8. The number of nitrogens with one attached hydrogen (secondary N) is 1. The lowest BCUT2D eigenvalue weighted by molar-refractivity contribution is 0.0927. The summed E-state index contributed by atoms with van der Waals surface area (Å²) in [7, 11) is 1.59. The highest BCUT2D eigenvalue weighted by atomic mass is 16.5. The molecule has 7 nitrogen and oxygen atoms in total. The lowest BCUT2D eigenvalue weighted by Gasteiger charge is -2.20. The van der Waals surface area contributed by atoms with Crippen molar-refractivity contribution in [3.63, 3.8) is 0 Å². The van der Waals surface area contributed by atoms with Crippen molar-refractivity contribution in [2.75, 3.05) is 13.7 Å². The van der Waals surface area contributed by atoms with Gasteiger partial charge in [-0.2, -0.15) is 0 Å². The number of aromatic nitrogens is 3. The van der Waals surface area contributed by atoms with Gasteiger partial charge in [0.1, 0.15) is 17.0 Å². The van der Waals surface area contributed by atoms with Crippen LogP contribution >= 0.6 is 0 Å². The van der Waals surface area contributed by atoms with E-state index in [2.05, 4.69) is 15.6 Å². The van der Waals surface area contributed by atoms with Crippen molar-refractivity contribution >= 4 is 16.9 Å². The average Bonchev–Trinajstić information content (AvgIpc) is 3.22. The predicted octanol–water partition coefficient (Wildman–Crippen LogP) is 3.82. The fraction of sp³-hybridized carbons (Fsp3) is 0.174. The van der Waals surface area contributed by atoms with Crippen LogP contribution in [0.25, 0.3) is 11.0 Å². The Morgan fingerprint density at radius 2 is 1.70 bits per heavy atom. The molecule has 4 rings (SSSR count). The molecular formula is C23H22N4O3. The standard InChI is InChI=1S/C23H22N4O3/c1-3-30-19-14-8-16(9-15-19)22(27-21-7-5-4-6-20(21)25-26-27)24-23(28)17-10-12-18(29-2)13-11-17/h4-15,22H,3H2,1-2H3,(H,24,28)/t22-/m1/s1. The van der Waals surface area contributed by atoms with Gasteiger partial charge in [-0.05, 0) is 61.0 Å². The SMILES string of the molecule is CCOc1ccc([C@H](NC(=O)c2ccc(OC)cc2)n2nnc3ccccc32)cc1. The van der Waals surface area contributed by atoms with Crippen LogP contribution in [0.1, 0.15) is 29.0 Å². The maximum Gasteiger partial charge on any atom is 0.253 e. The number of benzene rings is 3. The predicted molar refractivity (Wildman–Crippen MR) is 114 cm³/mol. The molecule has 1 amide bonds. The van der Waals surface area contributed by atoms with Crippen molar-refractivity contribution in [1.29, 1.82) is 0 Å². The second-order valence-electron chi connectivity index (χ2n) is 6.63. The van der Waals surface area contributed by atoms with Crippen molar-refractivity contribution in [3.05, 3.63) is 83.9 Å². The van der Waals surface area contributed by atoms with Gasteiger partial charge in [0.15, 0.2) is 6.17 Å². The van der Waals surface area contributed by atoms with Crippen LogP contribution in [-0.4, -0.2) is 34.6 Å². The van der Waals surface area contributed by atoms with Crippen LogP contribution in [-0.2, 0) is 0 Å². The van der Waals surface area contributed by atoms with Gasteiger partial charge in [-0.1, -0.05) is 29.5 Å². The summed E-state index contributed by atoms with van der Waals surface area (Å²) in [6.07, 6.45) is -0.539. The molecule has 0 aliphatic rings. The van der Waals surface area contributed by atoms with Crippen molar-refractivity contribution < 1.29 is 14.3 Å². The number of methoxy groups -OCH3 is 1. The van der Waals surface area contributed by atoms with Crippen LogP contribution in [0, 0.1) is 0 Å². The Bertz CT molecular complexity index is 1140. The highest BCUT2D eigenvalue weighted by molar-refractivity contribution is 5.94. The Balaban J connectivity index is 1.70. The second-order valence-corrected chi connectivity index (χ2v) is 6.63. The molecule has 0 saturated carbocycles. The van der Waals surface area contributed by atoms with Gasteiger partial charge in [-0.25, -0.2) is 4.68 Å². The van der Waals surface area contributed by atoms with E-state index in [9.17, 15) is 4.79 Å². The number of para-hydroxylation sites is 1. The molecule has 7 heteroatoms. The Kier molecular flexibility index (Phi) is 5.61. The number of rotatable bonds is 7. The van der Waals surface area contributed by atoms with Crippen LogP contribution in [0.4, 0.5) is 0 Å². The Morgan fingerprint density at radius 3 is 2.40 bits per heavy atom. The van der Waals surface area contributed by atoms with E-state index < -0.39 is 6.17 Å². The summed E-state index contributed by atoms with van der Waals surface area (Å²) in [5.41, 5.74) is 2.96. The van der Waals surface area contributed by atoms with Crippen molar-refractivity contribution in [2.24, 2.45) is 0 Å². The second kappa shape index (κ2) is 8.65. The quantitative estimate of drug-likeness (QED) is 0.509. The third-order valence-corrected chi connectivity index (χ3v) is 4.75. The molecule has 4 aromatic rings. The first-order valence-electron chi connectivity index (χ1n) is 9.67. The summed E-state index contributed by atoms with van der Waals surface area (Å²) >= 11 is 0. The molecule has 0 bridgehead atoms. The molecule has 1 heterocycles. The van der Waals surface area contributed by atoms with Crippen molar-refractivity contribution in [3.8, 4) is 11.5 Å². The molecule has 0 radical (unpaired) electrons. The van der Waals surface area contributed by atoms with E-state index in [0.717, 1.165) is 22.3 Å². The number of fused-ring (bicyclic) bond motifs is 1. The summed E-state index contributed by atoms with van der Waals surface area (Å²) in [6.45, 7) is 2.53. The number of amides is 1. The number of hydrogen-bond acceptors (Lipinski definition) is 5. The first-order chi connectivity index (χ1) is 14.7. The lowest BCUT2D eigenvalue weighted by atomic mass is 10.1. The summed E-state index contributed by atoms with van der Waals surface area (Å²) < 4.78 is 12.4. The van der Waals surface area contributed by atoms with E-state index in [-0.39, 0.29) is 5.91 Å². The molecule has 1 aromatic heterocycles. The van der Waals surface area contributed by atoms with Crippen LogP contribution in [0.3, 0.4) is 0 Å². The van der Waals surface area contributed by atoms with Gasteiger partial charge < -0.3 is 14.8 Å². The highest BCUT2D eigenvalue weighted by Crippen LogP contribution is 2.23. The van der Waals surface area contributed by atoms with Crippen LogP contribution in [0.15, 0.2) is 72.8 Å². The highest BCUT2D eigenvalue weighted by Gasteiger charge is 2.21. The summed E-state index contributed by atoms with van der Waals surface area (Å²) in [5, 5.41) is 11.6. The average molecular weight is 402 g/mol. The van der Waals surface area contributed by atoms with Gasteiger partial charge >= 0.3 is 0 Å². The van der Waals surface area contributed by atoms with Gasteiger partial charge in [0.05, 0.1) is 19.2 Å². The van der Waals surface area contributed by atoms with Crippen molar-refractivity contribution in [1.82, 2.24) is 20.3 Å². The van der Waals surface area contributed by atoms with E-state index in [1.54, 1.807) is 36.1 Å². The van der Waals surface area contributed by atoms with Gasteiger partial charge in [0.25, 0.3) is 5.91 Å². The zero-order chi connectivity index (χ0) is 20.9. The molecule has 0 unspecified atom stereocenters. The molecule has 0 saturated heterocycles. The van der Waals surface area contributed by atoms with E-state index in [4.69, 9.17) is 9.47 Å². The maximum atomic E-state index is 13.0. The van der Waals surface area contributed by atoms with Gasteiger partial charge in [-0.15, -0.1) is 5.10 Å². The fourth-order valence-electron chi connectivity index (χ4n) is 3.23. The van der Waals surface area contributed by atoms with Gasteiger partial charge in [0.2, 0.25) is 0 Å². The smallest absolute Gasteiger partial charge is 0.253 e. The van der Waals surface area contributed by atoms with Crippen LogP contribution < -0.4 is 14.8 Å². The molecule has 1 atom stereocenters. The Morgan fingerprint density at radius 1 is 1.00 bits per heavy atom. The van der Waals surface area contributed by atoms with Gasteiger partial charge in [0, 0.05) is 5.56 Å². The zero-order valence-corrected chi connectivity index (χ0v) is 16.8. The maximum absolute atomic E-state index is 13.0. The first-order valence-corrected chi connectivity index (χ1v) is 9.67. The number of nitrogens with zero attached hydrogens (tertiary/aromatic N) is 3. The minimum absolute atomic E-state index is 0.226. The molecule has 30 heavy (non-hydrogen) atoms. The molecule has 0 aliphatic heterocycles. The van der Waals surface area contributed by atoms with E-state index in [1.165, 1.54) is 0 Å². The number of carbonyl (C=O) groups is 1. The Hall–Kier alpha value is -3.87. The van der Waals surface area contributed by atoms with E-state index >= 15 is 0 Å². The number of carbonyl (C=O) groups excluding carboxylic acids is 1. The number of ether oxygens (including phenoxy) is 2. The summed E-state index contributed by atoms with van der Waals surface area (Å²) in [5.74, 6) is 1.23. The molecule has 1 N–H and O–H groups in total. The molecule has 0 fully saturated rings. The largest absolute Gasteiger partial charge is 0.497 e. The molecule has 3 aromatic carbocycles. The first kappa shape index (κ1) is 19.4. The third kappa shape index (κ3) is 3.96. The molecule has 0 spiro atoms. The lowest BCUT2D eigenvalue weighted by Crippen LogP contribution is -2.33. The third-order valence-electron chi connectivity index (χ3n) is 4.75. The van der Waals surface area contributed by atoms with E-state index in [1.807, 2.05) is 55.5 Å². The van der Waals surface area contributed by atoms with E-state index in [0.29, 0.717) is 17.9 Å². The van der Waals surface area contributed by atoms with Crippen LogP contribution in [0.2, 0.25) is 0 Å². The van der Waals surface area contributed by atoms with Crippen LogP contribution in [0.5, 0.6) is 11.5 Å². The minimum Gasteiger partial charge on any atom is -0.497 e. The molecule has 152 valence electrons. The Labute approximate surface area is 174 Å². The summed E-state index contributed by atoms with van der Waals surface area (Å²) in [4.78, 5) is 13.0. The monoisotopic (exact) mass is 402 g/mol. The number of hydrogen-bond donors (Lipinski definition) is 1. The molecule has 0 aliphatic carbocycles. The topological polar surface area (TPSA) is 78.3 Å². The van der Waals surface area contributed by atoms with Crippen molar-refractivity contribution in [2.45, 2.75) is 13.1 Å². The minimum atomic E-state index is -0.539. The zero-order valence-electron chi connectivity index (χ0n) is 16.8.